The van der Waals surface area contributed by atoms with Gasteiger partial charge in [0.25, 0.3) is 5.91 Å². The highest BCUT2D eigenvalue weighted by Crippen LogP contribution is 2.43. The first-order chi connectivity index (χ1) is 13.4. The van der Waals surface area contributed by atoms with Crippen molar-refractivity contribution >= 4 is 28.7 Å². The van der Waals surface area contributed by atoms with E-state index in [9.17, 15) is 14.7 Å². The molecular formula is C23H21NO3S. The zero-order valence-electron chi connectivity index (χ0n) is 15.8. The molecule has 1 aliphatic rings. The number of anilines is 1. The number of carbonyl (C=O) groups excluding carboxylic acids is 2. The molecule has 4 nitrogen and oxygen atoms in total. The molecule has 0 bridgehead atoms. The number of carbonyl (C=O) groups is 2. The molecule has 3 aromatic rings. The van der Waals surface area contributed by atoms with Crippen molar-refractivity contribution in [1.82, 2.24) is 0 Å². The second-order valence-electron chi connectivity index (χ2n) is 7.28. The van der Waals surface area contributed by atoms with Crippen LogP contribution < -0.4 is 4.90 Å². The van der Waals surface area contributed by atoms with Crippen molar-refractivity contribution in [1.29, 1.82) is 0 Å². The van der Waals surface area contributed by atoms with E-state index in [-0.39, 0.29) is 12.2 Å². The zero-order valence-corrected chi connectivity index (χ0v) is 16.6. The Balaban J connectivity index is 1.71. The fraction of sp³-hybridized carbons (Fsp3) is 0.217. The van der Waals surface area contributed by atoms with Gasteiger partial charge in [0, 0.05) is 5.56 Å². The van der Waals surface area contributed by atoms with Gasteiger partial charge in [0.15, 0.2) is 11.4 Å². The average molecular weight is 391 g/mol. The van der Waals surface area contributed by atoms with Gasteiger partial charge in [0.1, 0.15) is 0 Å². The van der Waals surface area contributed by atoms with Crippen LogP contribution in [-0.2, 0) is 16.9 Å². The van der Waals surface area contributed by atoms with Gasteiger partial charge in [-0.2, -0.15) is 0 Å². The largest absolute Gasteiger partial charge is 0.375 e. The Morgan fingerprint density at radius 3 is 2.64 bits per heavy atom. The molecule has 1 aromatic heterocycles. The van der Waals surface area contributed by atoms with Crippen molar-refractivity contribution in [2.45, 2.75) is 32.4 Å². The van der Waals surface area contributed by atoms with Gasteiger partial charge in [0.2, 0.25) is 0 Å². The van der Waals surface area contributed by atoms with Gasteiger partial charge < -0.3 is 10.0 Å². The first-order valence-corrected chi connectivity index (χ1v) is 10.0. The maximum absolute atomic E-state index is 13.3. The second kappa shape index (κ2) is 7.00. The summed E-state index contributed by atoms with van der Waals surface area (Å²) in [5.74, 6) is -0.672. The van der Waals surface area contributed by atoms with E-state index in [2.05, 4.69) is 6.07 Å². The predicted octanol–water partition coefficient (Wildman–Crippen LogP) is 4.37. The van der Waals surface area contributed by atoms with Gasteiger partial charge in [-0.25, -0.2) is 0 Å². The molecule has 0 aliphatic carbocycles. The molecule has 0 radical (unpaired) electrons. The SMILES string of the molecule is Cc1ccc(C)c(CN2C(=O)[C@](O)(CC(=O)c3cccs3)c3ccccc32)c1. The molecule has 0 unspecified atom stereocenters. The van der Waals surface area contributed by atoms with Crippen LogP contribution >= 0.6 is 11.3 Å². The zero-order chi connectivity index (χ0) is 19.9. The number of nitrogens with zero attached hydrogens (tertiary/aromatic N) is 1. The number of ketones is 1. The molecule has 0 saturated heterocycles. The molecule has 1 aliphatic heterocycles. The minimum Gasteiger partial charge on any atom is -0.375 e. The van der Waals surface area contributed by atoms with E-state index in [0.29, 0.717) is 22.7 Å². The number of Topliss-reactive ketones (excluding diaryl/α,β-unsaturated/α-hetero) is 1. The van der Waals surface area contributed by atoms with E-state index >= 15 is 0 Å². The molecule has 5 heteroatoms. The summed E-state index contributed by atoms with van der Waals surface area (Å²) in [6.07, 6.45) is -0.257. The van der Waals surface area contributed by atoms with E-state index in [0.717, 1.165) is 16.7 Å². The third-order valence-corrected chi connectivity index (χ3v) is 6.20. The lowest BCUT2D eigenvalue weighted by molar-refractivity contribution is -0.136. The maximum atomic E-state index is 13.3. The molecule has 0 fully saturated rings. The average Bonchev–Trinajstić information content (AvgIpc) is 3.28. The molecular weight excluding hydrogens is 370 g/mol. The van der Waals surface area contributed by atoms with E-state index in [1.165, 1.54) is 11.3 Å². The fourth-order valence-corrected chi connectivity index (χ4v) is 4.40. The highest BCUT2D eigenvalue weighted by atomic mass is 32.1. The van der Waals surface area contributed by atoms with Crippen LogP contribution in [0.1, 0.15) is 38.3 Å². The summed E-state index contributed by atoms with van der Waals surface area (Å²) in [4.78, 5) is 28.1. The lowest BCUT2D eigenvalue weighted by Gasteiger charge is -2.23. The van der Waals surface area contributed by atoms with Gasteiger partial charge in [0.05, 0.1) is 23.5 Å². The van der Waals surface area contributed by atoms with Crippen molar-refractivity contribution in [3.05, 3.63) is 87.1 Å². The van der Waals surface area contributed by atoms with Gasteiger partial charge in [-0.05, 0) is 42.5 Å². The molecule has 1 amide bonds. The van der Waals surface area contributed by atoms with Crippen LogP contribution in [-0.4, -0.2) is 16.8 Å². The Hall–Kier alpha value is -2.76. The molecule has 142 valence electrons. The molecule has 2 heterocycles. The van der Waals surface area contributed by atoms with Crippen LogP contribution in [0, 0.1) is 13.8 Å². The number of fused-ring (bicyclic) bond motifs is 1. The lowest BCUT2D eigenvalue weighted by Crippen LogP contribution is -2.41. The molecule has 0 spiro atoms. The smallest absolute Gasteiger partial charge is 0.264 e. The highest BCUT2D eigenvalue weighted by Gasteiger charge is 2.50. The van der Waals surface area contributed by atoms with Gasteiger partial charge in [-0.15, -0.1) is 11.3 Å². The van der Waals surface area contributed by atoms with Crippen molar-refractivity contribution in [3.8, 4) is 0 Å². The highest BCUT2D eigenvalue weighted by molar-refractivity contribution is 7.12. The topological polar surface area (TPSA) is 57.6 Å². The molecule has 28 heavy (non-hydrogen) atoms. The Morgan fingerprint density at radius 1 is 1.11 bits per heavy atom. The van der Waals surface area contributed by atoms with Crippen molar-refractivity contribution in [2.75, 3.05) is 4.90 Å². The molecule has 0 saturated carbocycles. The number of thiophene rings is 1. The quantitative estimate of drug-likeness (QED) is 0.657. The maximum Gasteiger partial charge on any atom is 0.264 e. The summed E-state index contributed by atoms with van der Waals surface area (Å²) < 4.78 is 0. The van der Waals surface area contributed by atoms with Crippen molar-refractivity contribution in [2.24, 2.45) is 0 Å². The van der Waals surface area contributed by atoms with E-state index in [1.54, 1.807) is 29.2 Å². The number of benzene rings is 2. The summed E-state index contributed by atoms with van der Waals surface area (Å²) >= 11 is 1.32. The molecule has 1 atom stereocenters. The number of amides is 1. The van der Waals surface area contributed by atoms with Crippen LogP contribution in [0.25, 0.3) is 0 Å². The Bertz CT molecular complexity index is 1060. The third-order valence-electron chi connectivity index (χ3n) is 5.28. The van der Waals surface area contributed by atoms with Crippen molar-refractivity contribution in [3.63, 3.8) is 0 Å². The number of hydrogen-bond acceptors (Lipinski definition) is 4. The van der Waals surface area contributed by atoms with Crippen LogP contribution in [0.3, 0.4) is 0 Å². The number of rotatable bonds is 5. The summed E-state index contributed by atoms with van der Waals surface area (Å²) in [6, 6.07) is 16.8. The molecule has 2 aromatic carbocycles. The molecule has 4 rings (SSSR count). The van der Waals surface area contributed by atoms with Crippen LogP contribution in [0.5, 0.6) is 0 Å². The second-order valence-corrected chi connectivity index (χ2v) is 8.22. The Labute approximate surface area is 168 Å². The first kappa shape index (κ1) is 18.6. The summed E-state index contributed by atoms with van der Waals surface area (Å²) in [7, 11) is 0. The first-order valence-electron chi connectivity index (χ1n) is 9.17. The molecule has 1 N–H and O–H groups in total. The van der Waals surface area contributed by atoms with E-state index in [4.69, 9.17) is 0 Å². The lowest BCUT2D eigenvalue weighted by atomic mass is 9.89. The number of para-hydroxylation sites is 1. The summed E-state index contributed by atoms with van der Waals surface area (Å²) in [6.45, 7) is 4.38. The summed E-state index contributed by atoms with van der Waals surface area (Å²) in [5.41, 5.74) is 2.54. The van der Waals surface area contributed by atoms with Gasteiger partial charge in [-0.3, -0.25) is 9.59 Å². The van der Waals surface area contributed by atoms with Crippen LogP contribution in [0.15, 0.2) is 60.0 Å². The van der Waals surface area contributed by atoms with Crippen molar-refractivity contribution < 1.29 is 14.7 Å². The van der Waals surface area contributed by atoms with Crippen LogP contribution in [0.2, 0.25) is 0 Å². The van der Waals surface area contributed by atoms with E-state index in [1.807, 2.05) is 43.5 Å². The van der Waals surface area contributed by atoms with Gasteiger partial charge in [-0.1, -0.05) is 48.0 Å². The van der Waals surface area contributed by atoms with Crippen LogP contribution in [0.4, 0.5) is 5.69 Å². The van der Waals surface area contributed by atoms with Gasteiger partial charge >= 0.3 is 0 Å². The fourth-order valence-electron chi connectivity index (χ4n) is 3.73. The predicted molar refractivity (Wildman–Crippen MR) is 111 cm³/mol. The number of hydrogen-bond donors (Lipinski definition) is 1. The minimum atomic E-state index is -1.84. The standard InChI is InChI=1S/C23H21NO3S/c1-15-9-10-16(2)17(12-15)14-24-19-7-4-3-6-18(19)23(27,22(24)26)13-20(25)21-8-5-11-28-21/h3-12,27H,13-14H2,1-2H3/t23-/m0/s1. The normalized spacial score (nSPS) is 18.4. The van der Waals surface area contributed by atoms with E-state index < -0.39 is 11.5 Å². The summed E-state index contributed by atoms with van der Waals surface area (Å²) in [5, 5.41) is 13.2. The Kier molecular flexibility index (Phi) is 4.65. The minimum absolute atomic E-state index is 0.228. The Morgan fingerprint density at radius 2 is 1.89 bits per heavy atom. The number of aliphatic hydroxyl groups is 1. The monoisotopic (exact) mass is 391 g/mol. The third kappa shape index (κ3) is 3.07. The number of aryl methyl sites for hydroxylation is 2.